The van der Waals surface area contributed by atoms with Gasteiger partial charge in [0.2, 0.25) is 0 Å². The lowest BCUT2D eigenvalue weighted by Gasteiger charge is -2.20. The average Bonchev–Trinajstić information content (AvgIpc) is 3.23. The van der Waals surface area contributed by atoms with Crippen LogP contribution in [-0.2, 0) is 0 Å². The molecule has 2 amide bonds. The van der Waals surface area contributed by atoms with Crippen LogP contribution in [0.5, 0.6) is 5.75 Å². The highest BCUT2D eigenvalue weighted by atomic mass is 79.9. The summed E-state index contributed by atoms with van der Waals surface area (Å²) in [5.74, 6) is 0.784. The maximum atomic E-state index is 12.1. The third-order valence-corrected chi connectivity index (χ3v) is 5.12. The van der Waals surface area contributed by atoms with Crippen LogP contribution in [0.1, 0.15) is 19.3 Å². The van der Waals surface area contributed by atoms with E-state index in [1.807, 2.05) is 61.6 Å². The Kier molecular flexibility index (Phi) is 9.86. The highest BCUT2D eigenvalue weighted by Crippen LogP contribution is 2.15. The van der Waals surface area contributed by atoms with Crippen molar-refractivity contribution in [3.8, 4) is 5.75 Å². The molecule has 1 fully saturated rings. The summed E-state index contributed by atoms with van der Waals surface area (Å²) in [4.78, 5) is 16.3. The van der Waals surface area contributed by atoms with E-state index in [0.717, 1.165) is 35.4 Å². The van der Waals surface area contributed by atoms with Gasteiger partial charge in [-0.05, 0) is 75.3 Å². The maximum absolute atomic E-state index is 12.1. The van der Waals surface area contributed by atoms with Crippen molar-refractivity contribution in [1.29, 1.82) is 0 Å². The monoisotopic (exact) mass is 447 g/mol. The maximum Gasteiger partial charge on any atom is 0.321 e. The fraction of sp³-hybridized carbons (Fsp3) is 0.409. The van der Waals surface area contributed by atoms with Gasteiger partial charge in [0.15, 0.2) is 0 Å². The lowest BCUT2D eigenvalue weighted by Crippen LogP contribution is -2.34. The molecule has 1 heterocycles. The molecule has 0 spiro atoms. The summed E-state index contributed by atoms with van der Waals surface area (Å²) in [6.45, 7) is 4.28. The van der Waals surface area contributed by atoms with E-state index in [1.54, 1.807) is 12.0 Å². The zero-order chi connectivity index (χ0) is 20.2. The molecule has 0 saturated carbocycles. The SMILES string of the molecule is Brc1ccccc1.COc1ccc(NC(=O)N(C)CCCN2CCCC2)cc1. The molecule has 5 nitrogen and oxygen atoms in total. The van der Waals surface area contributed by atoms with Crippen molar-refractivity contribution in [3.05, 3.63) is 59.1 Å². The number of benzene rings is 2. The number of ether oxygens (including phenoxy) is 1. The summed E-state index contributed by atoms with van der Waals surface area (Å²) in [6.07, 6.45) is 3.65. The quantitative estimate of drug-likeness (QED) is 0.669. The fourth-order valence-corrected chi connectivity index (χ4v) is 3.25. The van der Waals surface area contributed by atoms with E-state index in [-0.39, 0.29) is 6.03 Å². The van der Waals surface area contributed by atoms with Gasteiger partial charge in [0.1, 0.15) is 5.75 Å². The van der Waals surface area contributed by atoms with Crippen LogP contribution in [0.15, 0.2) is 59.1 Å². The van der Waals surface area contributed by atoms with Crippen molar-refractivity contribution in [2.24, 2.45) is 0 Å². The van der Waals surface area contributed by atoms with Gasteiger partial charge in [-0.1, -0.05) is 34.1 Å². The van der Waals surface area contributed by atoms with Crippen LogP contribution in [0.4, 0.5) is 10.5 Å². The summed E-state index contributed by atoms with van der Waals surface area (Å²) in [5.41, 5.74) is 0.784. The molecule has 3 rings (SSSR count). The van der Waals surface area contributed by atoms with E-state index in [4.69, 9.17) is 4.74 Å². The number of hydrogen-bond donors (Lipinski definition) is 1. The van der Waals surface area contributed by atoms with Crippen molar-refractivity contribution < 1.29 is 9.53 Å². The van der Waals surface area contributed by atoms with Crippen LogP contribution in [0.2, 0.25) is 0 Å². The predicted octanol–water partition coefficient (Wildman–Crippen LogP) is 5.09. The van der Waals surface area contributed by atoms with E-state index in [9.17, 15) is 4.79 Å². The summed E-state index contributed by atoms with van der Waals surface area (Å²) in [5, 5.41) is 2.89. The number of carbonyl (C=O) groups is 1. The van der Waals surface area contributed by atoms with E-state index in [2.05, 4.69) is 26.1 Å². The van der Waals surface area contributed by atoms with Crippen LogP contribution < -0.4 is 10.1 Å². The number of halogens is 1. The van der Waals surface area contributed by atoms with Crippen LogP contribution in [0.25, 0.3) is 0 Å². The Hall–Kier alpha value is -2.05. The molecule has 28 heavy (non-hydrogen) atoms. The predicted molar refractivity (Wildman–Crippen MR) is 119 cm³/mol. The van der Waals surface area contributed by atoms with E-state index < -0.39 is 0 Å². The fourth-order valence-electron chi connectivity index (χ4n) is 2.95. The average molecular weight is 448 g/mol. The van der Waals surface area contributed by atoms with Gasteiger partial charge in [-0.3, -0.25) is 0 Å². The molecule has 1 saturated heterocycles. The Morgan fingerprint density at radius 2 is 1.75 bits per heavy atom. The number of nitrogens with one attached hydrogen (secondary N) is 1. The van der Waals surface area contributed by atoms with Gasteiger partial charge < -0.3 is 19.9 Å². The smallest absolute Gasteiger partial charge is 0.321 e. The lowest BCUT2D eigenvalue weighted by atomic mass is 10.3. The van der Waals surface area contributed by atoms with Crippen LogP contribution in [-0.4, -0.2) is 56.2 Å². The standard InChI is InChI=1S/C16H25N3O2.C6H5Br/c1-18(10-5-13-19-11-3-4-12-19)16(20)17-14-6-8-15(21-2)9-7-14;7-6-4-2-1-3-5-6/h6-9H,3-5,10-13H2,1-2H3,(H,17,20);1-5H. The number of rotatable bonds is 6. The van der Waals surface area contributed by atoms with Crippen LogP contribution in [0.3, 0.4) is 0 Å². The molecule has 152 valence electrons. The largest absolute Gasteiger partial charge is 0.497 e. The number of hydrogen-bond acceptors (Lipinski definition) is 3. The summed E-state index contributed by atoms with van der Waals surface area (Å²) < 4.78 is 6.23. The molecule has 0 aromatic heterocycles. The summed E-state index contributed by atoms with van der Waals surface area (Å²) >= 11 is 3.31. The molecule has 0 radical (unpaired) electrons. The Labute approximate surface area is 176 Å². The number of likely N-dealkylation sites (tertiary alicyclic amines) is 1. The molecular weight excluding hydrogens is 418 g/mol. The van der Waals surface area contributed by atoms with Crippen LogP contribution >= 0.6 is 15.9 Å². The van der Waals surface area contributed by atoms with Gasteiger partial charge in [-0.25, -0.2) is 4.79 Å². The molecule has 1 aliphatic heterocycles. The number of urea groups is 1. The minimum Gasteiger partial charge on any atom is -0.497 e. The van der Waals surface area contributed by atoms with Gasteiger partial charge >= 0.3 is 6.03 Å². The van der Waals surface area contributed by atoms with Gasteiger partial charge in [0.05, 0.1) is 7.11 Å². The first-order valence-electron chi connectivity index (χ1n) is 9.67. The molecule has 0 atom stereocenters. The highest BCUT2D eigenvalue weighted by Gasteiger charge is 2.12. The van der Waals surface area contributed by atoms with Crippen molar-refractivity contribution in [3.63, 3.8) is 0 Å². The van der Waals surface area contributed by atoms with E-state index in [1.165, 1.54) is 25.9 Å². The third-order valence-electron chi connectivity index (χ3n) is 4.59. The molecular formula is C22H30BrN3O2. The Bertz CT molecular complexity index is 689. The zero-order valence-electron chi connectivity index (χ0n) is 16.7. The normalized spacial score (nSPS) is 13.4. The minimum absolute atomic E-state index is 0.0680. The number of methoxy groups -OCH3 is 1. The Balaban J connectivity index is 0.000000336. The molecule has 1 aliphatic rings. The second-order valence-corrected chi connectivity index (χ2v) is 7.69. The summed E-state index contributed by atoms with van der Waals surface area (Å²) in [7, 11) is 3.46. The van der Waals surface area contributed by atoms with Crippen LogP contribution in [0, 0.1) is 0 Å². The first-order valence-corrected chi connectivity index (χ1v) is 10.5. The van der Waals surface area contributed by atoms with Crippen molar-refractivity contribution in [2.75, 3.05) is 45.7 Å². The molecule has 0 bridgehead atoms. The van der Waals surface area contributed by atoms with Crippen molar-refractivity contribution >= 4 is 27.6 Å². The zero-order valence-corrected chi connectivity index (χ0v) is 18.3. The molecule has 6 heteroatoms. The highest BCUT2D eigenvalue weighted by molar-refractivity contribution is 9.10. The molecule has 2 aromatic rings. The lowest BCUT2D eigenvalue weighted by molar-refractivity contribution is 0.218. The second kappa shape index (κ2) is 12.4. The number of carbonyl (C=O) groups excluding carboxylic acids is 1. The van der Waals surface area contributed by atoms with Gasteiger partial charge in [-0.15, -0.1) is 0 Å². The second-order valence-electron chi connectivity index (χ2n) is 6.78. The Morgan fingerprint density at radius 3 is 2.29 bits per heavy atom. The molecule has 1 N–H and O–H groups in total. The third kappa shape index (κ3) is 8.31. The number of amides is 2. The summed E-state index contributed by atoms with van der Waals surface area (Å²) in [6, 6.07) is 17.3. The van der Waals surface area contributed by atoms with Gasteiger partial charge in [0, 0.05) is 23.8 Å². The topological polar surface area (TPSA) is 44.8 Å². The molecule has 0 unspecified atom stereocenters. The number of anilines is 1. The van der Waals surface area contributed by atoms with Gasteiger partial charge in [0.25, 0.3) is 0 Å². The van der Waals surface area contributed by atoms with Gasteiger partial charge in [-0.2, -0.15) is 0 Å². The molecule has 0 aliphatic carbocycles. The van der Waals surface area contributed by atoms with Crippen molar-refractivity contribution in [1.82, 2.24) is 9.80 Å². The van der Waals surface area contributed by atoms with Crippen molar-refractivity contribution in [2.45, 2.75) is 19.3 Å². The minimum atomic E-state index is -0.0680. The van der Waals surface area contributed by atoms with E-state index in [0.29, 0.717) is 0 Å². The van der Waals surface area contributed by atoms with E-state index >= 15 is 0 Å². The first kappa shape index (κ1) is 22.2. The number of nitrogens with zero attached hydrogens (tertiary/aromatic N) is 2. The first-order chi connectivity index (χ1) is 13.6. The molecule has 2 aromatic carbocycles. The Morgan fingerprint density at radius 1 is 1.11 bits per heavy atom.